The molecule has 2 N–H and O–H groups in total. The Bertz CT molecular complexity index is 968. The molecule has 4 rings (SSSR count). The first-order chi connectivity index (χ1) is 14.8. The van der Waals surface area contributed by atoms with Gasteiger partial charge in [-0.2, -0.15) is 0 Å². The predicted octanol–water partition coefficient (Wildman–Crippen LogP) is 3.40. The third kappa shape index (κ3) is 5.89. The van der Waals surface area contributed by atoms with Crippen LogP contribution in [0.1, 0.15) is 27.4 Å². The molecule has 2 aromatic carbocycles. The molecule has 0 atom stereocenters. The minimum atomic E-state index is 0.305. The minimum Gasteiger partial charge on any atom is -0.388 e. The molecule has 6 nitrogen and oxygen atoms in total. The third-order valence-corrected chi connectivity index (χ3v) is 5.80. The van der Waals surface area contributed by atoms with Crippen LogP contribution in [-0.2, 0) is 29.1 Å². The maximum Gasteiger partial charge on any atom is 0.170 e. The molecule has 1 saturated heterocycles. The summed E-state index contributed by atoms with van der Waals surface area (Å²) < 4.78 is 5.41. The van der Waals surface area contributed by atoms with Gasteiger partial charge in [0.15, 0.2) is 12.4 Å². The van der Waals surface area contributed by atoms with Crippen molar-refractivity contribution in [2.24, 2.45) is 10.9 Å². The number of ether oxygens (including phenoxy) is 1. The Hall–Kier alpha value is -2.74. The van der Waals surface area contributed by atoms with Gasteiger partial charge in [0, 0.05) is 37.0 Å². The van der Waals surface area contributed by atoms with Crippen molar-refractivity contribution in [1.82, 2.24) is 9.88 Å². The van der Waals surface area contributed by atoms with Crippen molar-refractivity contribution >= 4 is 17.2 Å². The zero-order chi connectivity index (χ0) is 20.6. The molecule has 3 aromatic rings. The SMILES string of the molecule is N/C(=N/OCc1csc(Cc2ccccc2)n1)c1cccc(CN2CCOCC2)c1. The lowest BCUT2D eigenvalue weighted by Crippen LogP contribution is -2.35. The topological polar surface area (TPSA) is 73.0 Å². The molecule has 0 bridgehead atoms. The molecule has 0 amide bonds. The van der Waals surface area contributed by atoms with E-state index in [4.69, 9.17) is 15.3 Å². The van der Waals surface area contributed by atoms with Crippen molar-refractivity contribution in [1.29, 1.82) is 0 Å². The quantitative estimate of drug-likeness (QED) is 0.342. The van der Waals surface area contributed by atoms with Crippen molar-refractivity contribution in [3.05, 3.63) is 87.4 Å². The zero-order valence-corrected chi connectivity index (χ0v) is 17.7. The number of amidine groups is 1. The Morgan fingerprint density at radius 3 is 2.73 bits per heavy atom. The van der Waals surface area contributed by atoms with Crippen LogP contribution < -0.4 is 5.73 Å². The van der Waals surface area contributed by atoms with Gasteiger partial charge in [-0.25, -0.2) is 4.98 Å². The van der Waals surface area contributed by atoms with Crippen LogP contribution in [0, 0.1) is 0 Å². The predicted molar refractivity (Wildman–Crippen MR) is 119 cm³/mol. The van der Waals surface area contributed by atoms with E-state index in [2.05, 4.69) is 39.3 Å². The summed E-state index contributed by atoms with van der Waals surface area (Å²) in [6, 6.07) is 18.4. The molecule has 30 heavy (non-hydrogen) atoms. The summed E-state index contributed by atoms with van der Waals surface area (Å²) in [6.45, 7) is 4.68. The molecule has 156 valence electrons. The van der Waals surface area contributed by atoms with Gasteiger partial charge in [0.25, 0.3) is 0 Å². The van der Waals surface area contributed by atoms with E-state index in [1.807, 2.05) is 35.7 Å². The maximum atomic E-state index is 6.14. The molecule has 1 aliphatic heterocycles. The van der Waals surface area contributed by atoms with Gasteiger partial charge < -0.3 is 15.3 Å². The number of nitrogens with two attached hydrogens (primary N) is 1. The van der Waals surface area contributed by atoms with Crippen molar-refractivity contribution in [2.75, 3.05) is 26.3 Å². The Labute approximate surface area is 180 Å². The summed E-state index contributed by atoms with van der Waals surface area (Å²) >= 11 is 1.63. The first kappa shape index (κ1) is 20.5. The average molecular weight is 423 g/mol. The lowest BCUT2D eigenvalue weighted by atomic mass is 10.1. The average Bonchev–Trinajstić information content (AvgIpc) is 3.22. The lowest BCUT2D eigenvalue weighted by Gasteiger charge is -2.26. The summed E-state index contributed by atoms with van der Waals surface area (Å²) in [5, 5.41) is 7.17. The van der Waals surface area contributed by atoms with Crippen LogP contribution in [0.3, 0.4) is 0 Å². The minimum absolute atomic E-state index is 0.305. The highest BCUT2D eigenvalue weighted by atomic mass is 32.1. The van der Waals surface area contributed by atoms with Crippen LogP contribution in [0.5, 0.6) is 0 Å². The molecule has 1 aromatic heterocycles. The van der Waals surface area contributed by atoms with E-state index in [9.17, 15) is 0 Å². The number of hydrogen-bond acceptors (Lipinski definition) is 6. The molecular formula is C23H26N4O2S. The first-order valence-electron chi connectivity index (χ1n) is 10.1. The fourth-order valence-corrected chi connectivity index (χ4v) is 4.15. The van der Waals surface area contributed by atoms with Crippen LogP contribution in [0.4, 0.5) is 0 Å². The highest BCUT2D eigenvalue weighted by molar-refractivity contribution is 7.09. The Morgan fingerprint density at radius 2 is 1.90 bits per heavy atom. The van der Waals surface area contributed by atoms with E-state index >= 15 is 0 Å². The molecule has 0 spiro atoms. The monoisotopic (exact) mass is 422 g/mol. The van der Waals surface area contributed by atoms with Crippen molar-refractivity contribution in [3.8, 4) is 0 Å². The largest absolute Gasteiger partial charge is 0.388 e. The molecule has 0 saturated carbocycles. The number of morpholine rings is 1. The van der Waals surface area contributed by atoms with E-state index in [0.29, 0.717) is 12.4 Å². The number of nitrogens with zero attached hydrogens (tertiary/aromatic N) is 3. The van der Waals surface area contributed by atoms with Crippen LogP contribution in [0.15, 0.2) is 65.1 Å². The number of oxime groups is 1. The molecule has 0 aliphatic carbocycles. The second-order valence-electron chi connectivity index (χ2n) is 7.23. The number of thiazole rings is 1. The van der Waals surface area contributed by atoms with E-state index in [0.717, 1.165) is 55.5 Å². The van der Waals surface area contributed by atoms with Gasteiger partial charge in [0.05, 0.1) is 23.9 Å². The lowest BCUT2D eigenvalue weighted by molar-refractivity contribution is 0.0342. The Morgan fingerprint density at radius 1 is 1.10 bits per heavy atom. The second kappa shape index (κ2) is 10.3. The summed E-state index contributed by atoms with van der Waals surface area (Å²) in [6.07, 6.45) is 0.826. The van der Waals surface area contributed by atoms with Crippen molar-refractivity contribution < 1.29 is 9.57 Å². The number of benzene rings is 2. The number of rotatable bonds is 8. The van der Waals surface area contributed by atoms with Crippen molar-refractivity contribution in [3.63, 3.8) is 0 Å². The van der Waals surface area contributed by atoms with Crippen LogP contribution >= 0.6 is 11.3 Å². The highest BCUT2D eigenvalue weighted by Gasteiger charge is 2.11. The Kier molecular flexibility index (Phi) is 7.07. The second-order valence-corrected chi connectivity index (χ2v) is 8.18. The number of aromatic nitrogens is 1. The molecular weight excluding hydrogens is 396 g/mol. The highest BCUT2D eigenvalue weighted by Crippen LogP contribution is 2.16. The zero-order valence-electron chi connectivity index (χ0n) is 16.9. The van der Waals surface area contributed by atoms with E-state index in [1.54, 1.807) is 11.3 Å². The van der Waals surface area contributed by atoms with Gasteiger partial charge in [0.2, 0.25) is 0 Å². The molecule has 2 heterocycles. The normalized spacial score (nSPS) is 15.3. The Balaban J connectivity index is 1.30. The van der Waals surface area contributed by atoms with Gasteiger partial charge in [-0.1, -0.05) is 53.7 Å². The summed E-state index contributed by atoms with van der Waals surface area (Å²) in [7, 11) is 0. The van der Waals surface area contributed by atoms with Crippen LogP contribution in [0.25, 0.3) is 0 Å². The van der Waals surface area contributed by atoms with E-state index in [-0.39, 0.29) is 0 Å². The van der Waals surface area contributed by atoms with Gasteiger partial charge in [-0.15, -0.1) is 11.3 Å². The third-order valence-electron chi connectivity index (χ3n) is 4.91. The molecule has 7 heteroatoms. The van der Waals surface area contributed by atoms with E-state index < -0.39 is 0 Å². The van der Waals surface area contributed by atoms with Gasteiger partial charge >= 0.3 is 0 Å². The molecule has 1 aliphatic rings. The van der Waals surface area contributed by atoms with Gasteiger partial charge in [0.1, 0.15) is 0 Å². The summed E-state index contributed by atoms with van der Waals surface area (Å²) in [5.74, 6) is 0.374. The van der Waals surface area contributed by atoms with Crippen molar-refractivity contribution in [2.45, 2.75) is 19.6 Å². The molecule has 1 fully saturated rings. The van der Waals surface area contributed by atoms with Crippen LogP contribution in [-0.4, -0.2) is 42.0 Å². The molecule has 0 unspecified atom stereocenters. The van der Waals surface area contributed by atoms with Gasteiger partial charge in [-0.05, 0) is 17.2 Å². The van der Waals surface area contributed by atoms with Crippen LogP contribution in [0.2, 0.25) is 0 Å². The standard InChI is InChI=1S/C23H26N4O2S/c24-23(20-8-4-7-19(13-20)15-27-9-11-28-12-10-27)26-29-16-21-17-30-22(25-21)14-18-5-2-1-3-6-18/h1-8,13,17H,9-12,14-16H2,(H2,24,26). The van der Waals surface area contributed by atoms with E-state index in [1.165, 1.54) is 11.1 Å². The molecule has 0 radical (unpaired) electrons. The summed E-state index contributed by atoms with van der Waals surface area (Å²) in [5.41, 5.74) is 10.3. The first-order valence-corrected chi connectivity index (χ1v) is 11.0. The maximum absolute atomic E-state index is 6.14. The fourth-order valence-electron chi connectivity index (χ4n) is 3.33. The summed E-state index contributed by atoms with van der Waals surface area (Å²) in [4.78, 5) is 12.5. The fraction of sp³-hybridized carbons (Fsp3) is 0.304. The smallest absolute Gasteiger partial charge is 0.170 e. The van der Waals surface area contributed by atoms with Gasteiger partial charge in [-0.3, -0.25) is 4.90 Å². The number of hydrogen-bond donors (Lipinski definition) is 1.